The van der Waals surface area contributed by atoms with Crippen LogP contribution in [0, 0.1) is 0 Å². The molecule has 196 valence electrons. The van der Waals surface area contributed by atoms with E-state index >= 15 is 0 Å². The van der Waals surface area contributed by atoms with Gasteiger partial charge in [0.15, 0.2) is 6.29 Å². The van der Waals surface area contributed by atoms with Crippen molar-refractivity contribution in [1.29, 1.82) is 0 Å². The largest absolute Gasteiger partial charge is 0.394 e. The molecule has 0 bridgehead atoms. The number of nitrogens with one attached hydrogen (secondary N) is 1. The van der Waals surface area contributed by atoms with Crippen LogP contribution in [-0.2, 0) is 9.47 Å². The lowest BCUT2D eigenvalue weighted by molar-refractivity contribution is -0.316. The highest BCUT2D eigenvalue weighted by atomic mass is 16.7. The van der Waals surface area contributed by atoms with Crippen LogP contribution in [0.25, 0.3) is 0 Å². The Morgan fingerprint density at radius 2 is 1.24 bits per heavy atom. The second kappa shape index (κ2) is 11.3. The summed E-state index contributed by atoms with van der Waals surface area (Å²) < 4.78 is 10.8. The molecular formula is C20H33NO13. The molecule has 2 aliphatic carbocycles. The third kappa shape index (κ3) is 5.21. The lowest BCUT2D eigenvalue weighted by atomic mass is 9.84. The van der Waals surface area contributed by atoms with Gasteiger partial charge in [0, 0.05) is 0 Å². The van der Waals surface area contributed by atoms with Crippen LogP contribution in [0.3, 0.4) is 0 Å². The molecule has 34 heavy (non-hydrogen) atoms. The first kappa shape index (κ1) is 27.5. The Bertz CT molecular complexity index is 748. The van der Waals surface area contributed by atoms with Crippen LogP contribution < -0.4 is 5.32 Å². The van der Waals surface area contributed by atoms with E-state index < -0.39 is 99.2 Å². The molecule has 0 aromatic heterocycles. The molecule has 1 heterocycles. The monoisotopic (exact) mass is 495 g/mol. The Kier molecular flexibility index (Phi) is 9.16. The zero-order chi connectivity index (χ0) is 25.3. The predicted octanol–water partition coefficient (Wildman–Crippen LogP) is -6.83. The Hall–Kier alpha value is -1.08. The minimum atomic E-state index is -1.77. The molecule has 1 fully saturated rings. The lowest BCUT2D eigenvalue weighted by Crippen LogP contribution is -2.63. The van der Waals surface area contributed by atoms with Crippen LogP contribution in [0.2, 0.25) is 0 Å². The van der Waals surface area contributed by atoms with Gasteiger partial charge in [0.1, 0.15) is 61.0 Å². The SMILES string of the molecule is OCC1=C[C@H](N[C@H]2C=C(CO)[C@@H](O[C@@H]3O[C@H](CO)[C@@H](O)[C@H](O)[C@H]3O)[C@H](O)[C@H]2O)[C@H](O)[C@@H](O)[C@@H]1O. The van der Waals surface area contributed by atoms with Gasteiger partial charge >= 0.3 is 0 Å². The topological polar surface area (TPSA) is 253 Å². The highest BCUT2D eigenvalue weighted by Crippen LogP contribution is 2.30. The van der Waals surface area contributed by atoms with E-state index in [1.165, 1.54) is 12.2 Å². The molecule has 0 unspecified atom stereocenters. The number of ether oxygens (including phenoxy) is 2. The minimum Gasteiger partial charge on any atom is -0.394 e. The zero-order valence-electron chi connectivity index (χ0n) is 18.0. The summed E-state index contributed by atoms with van der Waals surface area (Å²) in [4.78, 5) is 0. The smallest absolute Gasteiger partial charge is 0.187 e. The minimum absolute atomic E-state index is 0.0319. The summed E-state index contributed by atoms with van der Waals surface area (Å²) in [6, 6.07) is -2.14. The normalized spacial score (nSPS) is 47.8. The Balaban J connectivity index is 1.79. The van der Waals surface area contributed by atoms with E-state index in [0.29, 0.717) is 0 Å². The van der Waals surface area contributed by atoms with Crippen molar-refractivity contribution in [2.45, 2.75) is 79.4 Å². The first-order valence-electron chi connectivity index (χ1n) is 10.8. The van der Waals surface area contributed by atoms with Crippen molar-refractivity contribution in [3.05, 3.63) is 23.3 Å². The molecule has 12 N–H and O–H groups in total. The van der Waals surface area contributed by atoms with Crippen molar-refractivity contribution in [1.82, 2.24) is 5.32 Å². The Labute approximate surface area is 194 Å². The van der Waals surface area contributed by atoms with Gasteiger partial charge in [-0.3, -0.25) is 5.32 Å². The number of hydrogen-bond donors (Lipinski definition) is 12. The quantitative estimate of drug-likeness (QED) is 0.147. The van der Waals surface area contributed by atoms with E-state index in [4.69, 9.17) is 9.47 Å². The zero-order valence-corrected chi connectivity index (χ0v) is 18.0. The van der Waals surface area contributed by atoms with Crippen LogP contribution in [0.4, 0.5) is 0 Å². The van der Waals surface area contributed by atoms with Gasteiger partial charge in [0.05, 0.1) is 31.9 Å². The van der Waals surface area contributed by atoms with Gasteiger partial charge in [-0.15, -0.1) is 0 Å². The Morgan fingerprint density at radius 3 is 1.79 bits per heavy atom. The Morgan fingerprint density at radius 1 is 0.676 bits per heavy atom. The van der Waals surface area contributed by atoms with Crippen LogP contribution in [0.1, 0.15) is 0 Å². The summed E-state index contributed by atoms with van der Waals surface area (Å²) in [5.41, 5.74) is 0.0702. The van der Waals surface area contributed by atoms with Gasteiger partial charge in [-0.05, 0) is 11.1 Å². The van der Waals surface area contributed by atoms with Gasteiger partial charge in [0.2, 0.25) is 0 Å². The molecule has 0 saturated carbocycles. The fraction of sp³-hybridized carbons (Fsp3) is 0.800. The van der Waals surface area contributed by atoms with E-state index in [-0.39, 0.29) is 11.1 Å². The van der Waals surface area contributed by atoms with Crippen LogP contribution in [-0.4, -0.2) is 155 Å². The predicted molar refractivity (Wildman–Crippen MR) is 110 cm³/mol. The van der Waals surface area contributed by atoms with Crippen molar-refractivity contribution >= 4 is 0 Å². The molecule has 0 radical (unpaired) electrons. The van der Waals surface area contributed by atoms with Crippen LogP contribution in [0.5, 0.6) is 0 Å². The van der Waals surface area contributed by atoms with Crippen molar-refractivity contribution in [3.8, 4) is 0 Å². The average molecular weight is 495 g/mol. The maximum atomic E-state index is 10.7. The van der Waals surface area contributed by atoms with Crippen LogP contribution in [0.15, 0.2) is 23.3 Å². The lowest BCUT2D eigenvalue weighted by Gasteiger charge is -2.44. The van der Waals surface area contributed by atoms with E-state index in [9.17, 15) is 56.2 Å². The van der Waals surface area contributed by atoms with Gasteiger partial charge in [0.25, 0.3) is 0 Å². The summed E-state index contributed by atoms with van der Waals surface area (Å²) in [5.74, 6) is 0. The number of rotatable bonds is 7. The average Bonchev–Trinajstić information content (AvgIpc) is 2.83. The maximum absolute atomic E-state index is 10.7. The third-order valence-corrected chi connectivity index (χ3v) is 6.48. The molecule has 0 aromatic carbocycles. The molecule has 3 aliphatic rings. The highest BCUT2D eigenvalue weighted by Gasteiger charge is 2.48. The fourth-order valence-corrected chi connectivity index (χ4v) is 4.38. The van der Waals surface area contributed by atoms with Crippen molar-refractivity contribution in [3.63, 3.8) is 0 Å². The van der Waals surface area contributed by atoms with E-state index in [1.807, 2.05) is 0 Å². The van der Waals surface area contributed by atoms with Crippen molar-refractivity contribution in [2.75, 3.05) is 19.8 Å². The summed E-state index contributed by atoms with van der Waals surface area (Å²) in [6.45, 7) is -1.97. The molecular weight excluding hydrogens is 462 g/mol. The summed E-state index contributed by atoms with van der Waals surface area (Å²) in [7, 11) is 0. The fourth-order valence-electron chi connectivity index (χ4n) is 4.38. The second-order valence-electron chi connectivity index (χ2n) is 8.68. The third-order valence-electron chi connectivity index (χ3n) is 6.48. The standard InChI is InChI=1S/C20H33NO13/c22-3-6-1-8(12(26)15(29)11(6)25)21-9-2-7(4-23)19(17(31)13(9)27)34-20-18(32)16(30)14(28)10(5-24)33-20/h1-2,8-32H,3-5H2/t8-,9-,10+,11+,12-,13-,14+,15-,16-,17+,18+,19+,20-/m0/s1. The van der Waals surface area contributed by atoms with Crippen molar-refractivity contribution < 1.29 is 65.6 Å². The first-order chi connectivity index (χ1) is 16.0. The van der Waals surface area contributed by atoms with Gasteiger partial charge in [-0.2, -0.15) is 0 Å². The molecule has 14 nitrogen and oxygen atoms in total. The molecule has 1 aliphatic heterocycles. The molecule has 3 rings (SSSR count). The highest BCUT2D eigenvalue weighted by molar-refractivity contribution is 5.26. The van der Waals surface area contributed by atoms with E-state index in [0.717, 1.165) is 0 Å². The molecule has 0 amide bonds. The number of aliphatic hydroxyl groups is 11. The second-order valence-corrected chi connectivity index (χ2v) is 8.68. The molecule has 13 atom stereocenters. The first-order valence-corrected chi connectivity index (χ1v) is 10.8. The number of hydrogen-bond acceptors (Lipinski definition) is 14. The van der Waals surface area contributed by atoms with E-state index in [1.54, 1.807) is 0 Å². The van der Waals surface area contributed by atoms with Gasteiger partial charge in [-0.1, -0.05) is 12.2 Å². The van der Waals surface area contributed by atoms with E-state index in [2.05, 4.69) is 5.32 Å². The van der Waals surface area contributed by atoms with Gasteiger partial charge < -0.3 is 65.6 Å². The molecule has 0 spiro atoms. The summed E-state index contributed by atoms with van der Waals surface area (Å²) >= 11 is 0. The maximum Gasteiger partial charge on any atom is 0.187 e. The number of aliphatic hydroxyl groups excluding tert-OH is 11. The van der Waals surface area contributed by atoms with Crippen molar-refractivity contribution in [2.24, 2.45) is 0 Å². The molecule has 14 heteroatoms. The van der Waals surface area contributed by atoms with Crippen LogP contribution >= 0.6 is 0 Å². The summed E-state index contributed by atoms with van der Waals surface area (Å²) in [5, 5.41) is 113. The summed E-state index contributed by atoms with van der Waals surface area (Å²) in [6.07, 6.45) is -14.8. The molecule has 1 saturated heterocycles. The molecule has 0 aromatic rings. The van der Waals surface area contributed by atoms with Gasteiger partial charge in [-0.25, -0.2) is 0 Å².